The van der Waals surface area contributed by atoms with Crippen molar-refractivity contribution in [2.24, 2.45) is 0 Å². The number of allylic oxidation sites excluding steroid dienone is 2. The first-order valence-corrected chi connectivity index (χ1v) is 8.57. The van der Waals surface area contributed by atoms with Crippen LogP contribution < -0.4 is 0 Å². The van der Waals surface area contributed by atoms with Crippen LogP contribution in [0.15, 0.2) is 48.2 Å². The maximum atomic E-state index is 2.34. The minimum absolute atomic E-state index is 1.03. The molecule has 0 aliphatic heterocycles. The molecule has 74 valence electrons. The second-order valence-electron chi connectivity index (χ2n) is 4.49. The smallest absolute Gasteiger partial charge is 0.0687 e. The van der Waals surface area contributed by atoms with E-state index in [4.69, 9.17) is 0 Å². The highest BCUT2D eigenvalue weighted by atomic mass is 28.3. The Labute approximate surface area is 88.0 Å². The Bertz CT molecular complexity index is 315. The van der Waals surface area contributed by atoms with Gasteiger partial charge in [0.1, 0.15) is 0 Å². The summed E-state index contributed by atoms with van der Waals surface area (Å²) in [5.41, 5.74) is 3.60. The maximum absolute atomic E-state index is 2.34. The van der Waals surface area contributed by atoms with E-state index in [0.29, 0.717) is 0 Å². The molecular formula is C13H18Si. The van der Waals surface area contributed by atoms with Gasteiger partial charge >= 0.3 is 0 Å². The SMILES string of the molecule is C[Si](C)(C)/C=C/C=C\c1ccccc1. The normalized spacial score (nSPS) is 12.8. The summed E-state index contributed by atoms with van der Waals surface area (Å²) in [6.07, 6.45) is 6.42. The van der Waals surface area contributed by atoms with Crippen molar-refractivity contribution in [1.82, 2.24) is 0 Å². The Morgan fingerprint density at radius 1 is 0.929 bits per heavy atom. The van der Waals surface area contributed by atoms with E-state index in [0.717, 1.165) is 0 Å². The van der Waals surface area contributed by atoms with Crippen molar-refractivity contribution in [1.29, 1.82) is 0 Å². The predicted molar refractivity (Wildman–Crippen MR) is 68.0 cm³/mol. The fourth-order valence-corrected chi connectivity index (χ4v) is 1.76. The van der Waals surface area contributed by atoms with Crippen LogP contribution in [0.4, 0.5) is 0 Å². The molecule has 1 heteroatoms. The quantitative estimate of drug-likeness (QED) is 0.510. The zero-order valence-electron chi connectivity index (χ0n) is 9.20. The van der Waals surface area contributed by atoms with E-state index in [-0.39, 0.29) is 0 Å². The van der Waals surface area contributed by atoms with Crippen LogP contribution in [-0.4, -0.2) is 8.07 Å². The summed E-state index contributed by atoms with van der Waals surface area (Å²) in [6, 6.07) is 10.4. The van der Waals surface area contributed by atoms with Crippen LogP contribution in [-0.2, 0) is 0 Å². The molecule has 0 saturated carbocycles. The van der Waals surface area contributed by atoms with E-state index in [1.807, 2.05) is 6.07 Å². The molecule has 0 heterocycles. The van der Waals surface area contributed by atoms with Gasteiger partial charge in [0.05, 0.1) is 8.07 Å². The highest BCUT2D eigenvalue weighted by Gasteiger charge is 2.05. The number of rotatable bonds is 3. The highest BCUT2D eigenvalue weighted by molar-refractivity contribution is 6.81. The predicted octanol–water partition coefficient (Wildman–Crippen LogP) is 4.13. The molecule has 0 fully saturated rings. The molecule has 0 saturated heterocycles. The largest absolute Gasteiger partial charge is 0.0950 e. The van der Waals surface area contributed by atoms with E-state index in [1.165, 1.54) is 5.56 Å². The second-order valence-corrected chi connectivity index (χ2v) is 9.56. The second kappa shape index (κ2) is 4.96. The molecule has 1 rings (SSSR count). The standard InChI is InChI=1S/C13H18Si/c1-14(2,3)12-8-7-11-13-9-5-4-6-10-13/h4-12H,1-3H3/b11-7-,12-8+. The van der Waals surface area contributed by atoms with E-state index < -0.39 is 8.07 Å². The lowest BCUT2D eigenvalue weighted by Crippen LogP contribution is -2.14. The van der Waals surface area contributed by atoms with E-state index in [9.17, 15) is 0 Å². The third kappa shape index (κ3) is 4.82. The number of hydrogen-bond acceptors (Lipinski definition) is 0. The Morgan fingerprint density at radius 3 is 2.14 bits per heavy atom. The third-order valence-electron chi connectivity index (χ3n) is 1.80. The minimum Gasteiger partial charge on any atom is -0.0950 e. The van der Waals surface area contributed by atoms with Crippen LogP contribution in [0, 0.1) is 0 Å². The van der Waals surface area contributed by atoms with Gasteiger partial charge in [0.15, 0.2) is 0 Å². The average molecular weight is 202 g/mol. The lowest BCUT2D eigenvalue weighted by molar-refractivity contribution is 1.66. The van der Waals surface area contributed by atoms with Crippen LogP contribution >= 0.6 is 0 Å². The topological polar surface area (TPSA) is 0 Å². The van der Waals surface area contributed by atoms with Crippen molar-refractivity contribution >= 4 is 14.1 Å². The Hall–Kier alpha value is -1.08. The zero-order valence-corrected chi connectivity index (χ0v) is 10.2. The summed E-state index contributed by atoms with van der Waals surface area (Å²) < 4.78 is 0. The molecule has 0 aromatic heterocycles. The van der Waals surface area contributed by atoms with E-state index in [2.05, 4.69) is 67.8 Å². The van der Waals surface area contributed by atoms with Crippen LogP contribution in [0.25, 0.3) is 6.08 Å². The molecule has 0 atom stereocenters. The van der Waals surface area contributed by atoms with Gasteiger partial charge in [-0.15, -0.1) is 0 Å². The summed E-state index contributed by atoms with van der Waals surface area (Å²) in [5.74, 6) is 0. The van der Waals surface area contributed by atoms with Crippen molar-refractivity contribution < 1.29 is 0 Å². The summed E-state index contributed by atoms with van der Waals surface area (Å²) in [5, 5.41) is 0. The molecule has 1 aromatic carbocycles. The van der Waals surface area contributed by atoms with Crippen molar-refractivity contribution in [2.45, 2.75) is 19.6 Å². The molecule has 0 aliphatic carbocycles. The number of benzene rings is 1. The van der Waals surface area contributed by atoms with Gasteiger partial charge in [0, 0.05) is 0 Å². The van der Waals surface area contributed by atoms with Gasteiger partial charge in [-0.05, 0) is 5.56 Å². The molecule has 0 radical (unpaired) electrons. The van der Waals surface area contributed by atoms with Crippen molar-refractivity contribution in [3.63, 3.8) is 0 Å². The van der Waals surface area contributed by atoms with E-state index >= 15 is 0 Å². The first-order valence-electron chi connectivity index (χ1n) is 4.99. The Kier molecular flexibility index (Phi) is 3.90. The lowest BCUT2D eigenvalue weighted by Gasteiger charge is -2.06. The summed E-state index contributed by atoms with van der Waals surface area (Å²) in [7, 11) is -1.03. The van der Waals surface area contributed by atoms with Gasteiger partial charge in [-0.2, -0.15) is 0 Å². The third-order valence-corrected chi connectivity index (χ3v) is 2.99. The molecular weight excluding hydrogens is 184 g/mol. The molecule has 0 bridgehead atoms. The maximum Gasteiger partial charge on any atom is 0.0687 e. The van der Waals surface area contributed by atoms with E-state index in [1.54, 1.807) is 0 Å². The first-order chi connectivity index (χ1) is 6.58. The molecule has 14 heavy (non-hydrogen) atoms. The zero-order chi connectivity index (χ0) is 10.4. The first kappa shape index (κ1) is 11.0. The molecule has 0 amide bonds. The Morgan fingerprint density at radius 2 is 1.57 bits per heavy atom. The van der Waals surface area contributed by atoms with Crippen molar-refractivity contribution in [3.05, 3.63) is 53.7 Å². The monoisotopic (exact) mass is 202 g/mol. The van der Waals surface area contributed by atoms with Crippen LogP contribution in [0.3, 0.4) is 0 Å². The van der Waals surface area contributed by atoms with Crippen LogP contribution in [0.1, 0.15) is 5.56 Å². The molecule has 0 aliphatic rings. The molecule has 0 N–H and O–H groups in total. The molecule has 0 spiro atoms. The van der Waals surface area contributed by atoms with Gasteiger partial charge in [0.25, 0.3) is 0 Å². The number of hydrogen-bond donors (Lipinski definition) is 0. The van der Waals surface area contributed by atoms with Gasteiger partial charge in [-0.3, -0.25) is 0 Å². The molecule has 1 aromatic rings. The van der Waals surface area contributed by atoms with Crippen molar-refractivity contribution in [2.75, 3.05) is 0 Å². The van der Waals surface area contributed by atoms with Gasteiger partial charge < -0.3 is 0 Å². The highest BCUT2D eigenvalue weighted by Crippen LogP contribution is 2.04. The van der Waals surface area contributed by atoms with Crippen molar-refractivity contribution in [3.8, 4) is 0 Å². The van der Waals surface area contributed by atoms with Crippen LogP contribution in [0.5, 0.6) is 0 Å². The van der Waals surface area contributed by atoms with Gasteiger partial charge in [0.2, 0.25) is 0 Å². The summed E-state index contributed by atoms with van der Waals surface area (Å²) in [6.45, 7) is 7.00. The summed E-state index contributed by atoms with van der Waals surface area (Å²) >= 11 is 0. The average Bonchev–Trinajstić information content (AvgIpc) is 2.13. The fourth-order valence-electron chi connectivity index (χ4n) is 1.08. The minimum atomic E-state index is -1.03. The van der Waals surface area contributed by atoms with Gasteiger partial charge in [-0.1, -0.05) is 73.9 Å². The molecule has 0 unspecified atom stereocenters. The fraction of sp³-hybridized carbons (Fsp3) is 0.231. The van der Waals surface area contributed by atoms with Gasteiger partial charge in [-0.25, -0.2) is 0 Å². The van der Waals surface area contributed by atoms with Crippen LogP contribution in [0.2, 0.25) is 19.6 Å². The Balaban J connectivity index is 2.54. The lowest BCUT2D eigenvalue weighted by atomic mass is 10.2. The summed E-state index contributed by atoms with van der Waals surface area (Å²) in [4.78, 5) is 0. The molecule has 0 nitrogen and oxygen atoms in total.